The molecule has 0 radical (unpaired) electrons. The summed E-state index contributed by atoms with van der Waals surface area (Å²) in [4.78, 5) is 1.32. The number of nitrogens with zero attached hydrogens (tertiary/aromatic N) is 2. The maximum absolute atomic E-state index is 4.22. The largest absolute Gasteiger partial charge is 0.159 e. The van der Waals surface area contributed by atoms with Crippen LogP contribution < -0.4 is 10.6 Å². The second kappa shape index (κ2) is 3.10. The second-order valence-electron chi connectivity index (χ2n) is 3.15. The van der Waals surface area contributed by atoms with E-state index in [0.717, 1.165) is 16.7 Å². The van der Waals surface area contributed by atoms with Gasteiger partial charge in [0, 0.05) is 27.6 Å². The summed E-state index contributed by atoms with van der Waals surface area (Å²) in [5, 5.41) is 10.5. The van der Waals surface area contributed by atoms with E-state index in [9.17, 15) is 0 Å². The molecule has 3 heteroatoms. The highest BCUT2D eigenvalue weighted by Gasteiger charge is 2.07. The SMILES string of the molecule is C1=Cc2ccc3c(c2=NN=C1)=CCS3. The average molecular weight is 200 g/mol. The fourth-order valence-corrected chi connectivity index (χ4v) is 2.60. The van der Waals surface area contributed by atoms with Gasteiger partial charge in [0.15, 0.2) is 0 Å². The first kappa shape index (κ1) is 8.00. The molecule has 14 heavy (non-hydrogen) atoms. The molecule has 2 nitrogen and oxygen atoms in total. The lowest BCUT2D eigenvalue weighted by atomic mass is 10.1. The van der Waals surface area contributed by atoms with E-state index in [4.69, 9.17) is 0 Å². The Balaban J connectivity index is 2.47. The number of hydrogen-bond donors (Lipinski definition) is 0. The molecule has 0 unspecified atom stereocenters. The van der Waals surface area contributed by atoms with Crippen molar-refractivity contribution < 1.29 is 0 Å². The van der Waals surface area contributed by atoms with Gasteiger partial charge < -0.3 is 0 Å². The van der Waals surface area contributed by atoms with E-state index in [1.165, 1.54) is 10.1 Å². The van der Waals surface area contributed by atoms with Crippen molar-refractivity contribution in [1.29, 1.82) is 0 Å². The van der Waals surface area contributed by atoms with Crippen molar-refractivity contribution in [3.05, 3.63) is 34.3 Å². The van der Waals surface area contributed by atoms with E-state index >= 15 is 0 Å². The third-order valence-electron chi connectivity index (χ3n) is 2.32. The van der Waals surface area contributed by atoms with Crippen LogP contribution in [0.2, 0.25) is 0 Å². The molecular formula is C11H8N2S. The van der Waals surface area contributed by atoms with Crippen LogP contribution >= 0.6 is 11.8 Å². The predicted molar refractivity (Wildman–Crippen MR) is 59.9 cm³/mol. The summed E-state index contributed by atoms with van der Waals surface area (Å²) in [6.07, 6.45) is 7.90. The number of thioether (sulfide) groups is 1. The Kier molecular flexibility index (Phi) is 1.77. The summed E-state index contributed by atoms with van der Waals surface area (Å²) >= 11 is 1.86. The molecule has 0 bridgehead atoms. The summed E-state index contributed by atoms with van der Waals surface area (Å²) in [6, 6.07) is 4.27. The van der Waals surface area contributed by atoms with Gasteiger partial charge in [-0.15, -0.1) is 16.9 Å². The van der Waals surface area contributed by atoms with Crippen molar-refractivity contribution in [2.45, 2.75) is 4.90 Å². The number of fused-ring (bicyclic) bond motifs is 3. The summed E-state index contributed by atoms with van der Waals surface area (Å²) in [5.41, 5.74) is 1.15. The lowest BCUT2D eigenvalue weighted by Crippen LogP contribution is -2.27. The zero-order valence-corrected chi connectivity index (χ0v) is 8.29. The third kappa shape index (κ3) is 1.13. The van der Waals surface area contributed by atoms with Crippen LogP contribution in [0, 0.1) is 0 Å². The van der Waals surface area contributed by atoms with Crippen LogP contribution in [0.3, 0.4) is 0 Å². The molecule has 2 aliphatic rings. The zero-order chi connectivity index (χ0) is 9.38. The maximum atomic E-state index is 4.22. The molecule has 0 saturated heterocycles. The summed E-state index contributed by atoms with van der Waals surface area (Å²) in [7, 11) is 0. The van der Waals surface area contributed by atoms with Crippen molar-refractivity contribution >= 4 is 30.1 Å². The van der Waals surface area contributed by atoms with Crippen molar-refractivity contribution in [3.63, 3.8) is 0 Å². The molecule has 0 saturated carbocycles. The van der Waals surface area contributed by atoms with Gasteiger partial charge in [-0.3, -0.25) is 0 Å². The van der Waals surface area contributed by atoms with Crippen LogP contribution in [0.5, 0.6) is 0 Å². The van der Waals surface area contributed by atoms with E-state index in [0.29, 0.717) is 0 Å². The molecule has 1 aromatic rings. The highest BCUT2D eigenvalue weighted by atomic mass is 32.2. The van der Waals surface area contributed by atoms with Crippen LogP contribution in [0.15, 0.2) is 33.3 Å². The van der Waals surface area contributed by atoms with Crippen molar-refractivity contribution in [2.75, 3.05) is 5.75 Å². The fraction of sp³-hybridized carbons (Fsp3) is 0.0909. The Morgan fingerprint density at radius 2 is 2.29 bits per heavy atom. The van der Waals surface area contributed by atoms with E-state index in [2.05, 4.69) is 28.4 Å². The minimum absolute atomic E-state index is 1.01. The number of allylic oxidation sites excluding steroid dienone is 1. The predicted octanol–water partition coefficient (Wildman–Crippen LogP) is 1.20. The van der Waals surface area contributed by atoms with E-state index in [1.807, 2.05) is 23.9 Å². The lowest BCUT2D eigenvalue weighted by molar-refractivity contribution is 1.11. The molecule has 3 rings (SSSR count). The van der Waals surface area contributed by atoms with Gasteiger partial charge in [-0.2, -0.15) is 5.10 Å². The molecule has 0 amide bonds. The van der Waals surface area contributed by atoms with E-state index in [1.54, 1.807) is 6.21 Å². The summed E-state index contributed by atoms with van der Waals surface area (Å²) < 4.78 is 0. The van der Waals surface area contributed by atoms with E-state index < -0.39 is 0 Å². The average Bonchev–Trinajstić information content (AvgIpc) is 2.55. The molecule has 1 aromatic carbocycles. The quantitative estimate of drug-likeness (QED) is 0.617. The van der Waals surface area contributed by atoms with Crippen LogP contribution in [0.4, 0.5) is 0 Å². The van der Waals surface area contributed by atoms with Crippen molar-refractivity contribution in [2.24, 2.45) is 10.2 Å². The lowest BCUT2D eigenvalue weighted by Gasteiger charge is -1.96. The van der Waals surface area contributed by atoms with Gasteiger partial charge in [0.25, 0.3) is 0 Å². The normalized spacial score (nSPS) is 16.6. The first-order valence-electron chi connectivity index (χ1n) is 4.49. The highest BCUT2D eigenvalue weighted by molar-refractivity contribution is 7.99. The Morgan fingerprint density at radius 1 is 1.29 bits per heavy atom. The number of benzene rings is 1. The van der Waals surface area contributed by atoms with Gasteiger partial charge >= 0.3 is 0 Å². The van der Waals surface area contributed by atoms with Gasteiger partial charge in [-0.1, -0.05) is 18.2 Å². The molecule has 0 fully saturated rings. The first-order valence-corrected chi connectivity index (χ1v) is 5.47. The minimum Gasteiger partial charge on any atom is -0.159 e. The van der Waals surface area contributed by atoms with Crippen LogP contribution in [-0.4, -0.2) is 12.0 Å². The van der Waals surface area contributed by atoms with Gasteiger partial charge in [0.05, 0.1) is 0 Å². The van der Waals surface area contributed by atoms with Crippen LogP contribution in [-0.2, 0) is 0 Å². The molecule has 0 aliphatic carbocycles. The molecule has 0 aromatic heterocycles. The third-order valence-corrected chi connectivity index (χ3v) is 3.32. The fourth-order valence-electron chi connectivity index (χ4n) is 1.67. The van der Waals surface area contributed by atoms with Crippen LogP contribution in [0.1, 0.15) is 5.56 Å². The molecule has 0 N–H and O–H groups in total. The second-order valence-corrected chi connectivity index (χ2v) is 4.22. The smallest absolute Gasteiger partial charge is 0.101 e. The summed E-state index contributed by atoms with van der Waals surface area (Å²) in [6.45, 7) is 0. The zero-order valence-electron chi connectivity index (χ0n) is 7.47. The number of rotatable bonds is 0. The highest BCUT2D eigenvalue weighted by Crippen LogP contribution is 2.17. The Bertz CT molecular complexity index is 555. The molecule has 0 atom stereocenters. The Hall–Kier alpha value is -1.35. The van der Waals surface area contributed by atoms with E-state index in [-0.39, 0.29) is 0 Å². The molecule has 0 spiro atoms. The van der Waals surface area contributed by atoms with Gasteiger partial charge in [0.1, 0.15) is 5.36 Å². The minimum atomic E-state index is 1.01. The molecule has 68 valence electrons. The Labute approximate surface area is 85.7 Å². The topological polar surface area (TPSA) is 24.7 Å². The molecule has 2 aliphatic heterocycles. The van der Waals surface area contributed by atoms with Crippen molar-refractivity contribution in [3.8, 4) is 0 Å². The first-order chi connectivity index (χ1) is 6.95. The van der Waals surface area contributed by atoms with Gasteiger partial charge in [-0.25, -0.2) is 0 Å². The molecule has 2 heterocycles. The van der Waals surface area contributed by atoms with Gasteiger partial charge in [0.2, 0.25) is 0 Å². The standard InChI is InChI=1S/C11H8N2S/c1-2-8-3-4-10-9(5-7-14-10)11(8)13-12-6-1/h1-6H,7H2. The van der Waals surface area contributed by atoms with Crippen molar-refractivity contribution in [1.82, 2.24) is 0 Å². The molecular weight excluding hydrogens is 192 g/mol. The maximum Gasteiger partial charge on any atom is 0.101 e. The van der Waals surface area contributed by atoms with Gasteiger partial charge in [-0.05, 0) is 12.1 Å². The summed E-state index contributed by atoms with van der Waals surface area (Å²) in [5.74, 6) is 1.05. The Morgan fingerprint density at radius 3 is 3.29 bits per heavy atom. The monoisotopic (exact) mass is 200 g/mol. The van der Waals surface area contributed by atoms with Crippen LogP contribution in [0.25, 0.3) is 12.2 Å². The number of hydrogen-bond acceptors (Lipinski definition) is 3.